The predicted molar refractivity (Wildman–Crippen MR) is 73.4 cm³/mol. The van der Waals surface area contributed by atoms with Gasteiger partial charge in [0, 0.05) is 18.9 Å². The molecule has 0 aliphatic rings. The third-order valence-electron chi connectivity index (χ3n) is 2.76. The van der Waals surface area contributed by atoms with Crippen LogP contribution in [0.25, 0.3) is 0 Å². The Morgan fingerprint density at radius 3 is 2.55 bits per heavy atom. The largest absolute Gasteiger partial charge is 0.496 e. The first-order chi connectivity index (χ1) is 9.72. The Morgan fingerprint density at radius 1 is 1.15 bits per heavy atom. The molecule has 0 aliphatic heterocycles. The van der Waals surface area contributed by atoms with E-state index in [0.29, 0.717) is 5.75 Å². The maximum atomic E-state index is 12.0. The van der Waals surface area contributed by atoms with Gasteiger partial charge in [-0.05, 0) is 29.8 Å². The van der Waals surface area contributed by atoms with Crippen molar-refractivity contribution in [2.45, 2.75) is 6.54 Å². The van der Waals surface area contributed by atoms with Gasteiger partial charge in [0.05, 0.1) is 12.7 Å². The number of amides is 1. The van der Waals surface area contributed by atoms with Crippen molar-refractivity contribution in [3.63, 3.8) is 0 Å². The van der Waals surface area contributed by atoms with E-state index < -0.39 is 11.7 Å². The number of pyridine rings is 1. The van der Waals surface area contributed by atoms with Crippen LogP contribution in [0.4, 0.5) is 0 Å². The van der Waals surface area contributed by atoms with E-state index in [1.165, 1.54) is 7.11 Å². The van der Waals surface area contributed by atoms with Crippen molar-refractivity contribution in [3.05, 3.63) is 59.9 Å². The second-order valence-electron chi connectivity index (χ2n) is 4.07. The van der Waals surface area contributed by atoms with Gasteiger partial charge in [-0.3, -0.25) is 14.6 Å². The molecule has 0 atom stereocenters. The van der Waals surface area contributed by atoms with Gasteiger partial charge in [0.25, 0.3) is 11.7 Å². The predicted octanol–water partition coefficient (Wildman–Crippen LogP) is 1.59. The number of benzene rings is 1. The van der Waals surface area contributed by atoms with Crippen LogP contribution in [0.5, 0.6) is 5.75 Å². The molecule has 1 heterocycles. The van der Waals surface area contributed by atoms with Crippen LogP contribution in [0.15, 0.2) is 48.8 Å². The highest BCUT2D eigenvalue weighted by molar-refractivity contribution is 6.43. The zero-order valence-corrected chi connectivity index (χ0v) is 11.0. The summed E-state index contributed by atoms with van der Waals surface area (Å²) in [6.45, 7) is 0.280. The van der Waals surface area contributed by atoms with Crippen molar-refractivity contribution < 1.29 is 14.3 Å². The van der Waals surface area contributed by atoms with Crippen LogP contribution < -0.4 is 10.1 Å². The van der Waals surface area contributed by atoms with Gasteiger partial charge in [0.2, 0.25) is 0 Å². The SMILES string of the molecule is COc1ccccc1C(=O)C(=O)NCc1ccncc1. The van der Waals surface area contributed by atoms with E-state index in [9.17, 15) is 9.59 Å². The van der Waals surface area contributed by atoms with Crippen LogP contribution in [0.2, 0.25) is 0 Å². The minimum Gasteiger partial charge on any atom is -0.496 e. The topological polar surface area (TPSA) is 68.3 Å². The first kappa shape index (κ1) is 13.7. The summed E-state index contributed by atoms with van der Waals surface area (Å²) in [5.41, 5.74) is 1.13. The van der Waals surface area contributed by atoms with Crippen LogP contribution >= 0.6 is 0 Å². The molecule has 0 unspecified atom stereocenters. The number of methoxy groups -OCH3 is 1. The summed E-state index contributed by atoms with van der Waals surface area (Å²) in [5, 5.41) is 2.58. The first-order valence-electron chi connectivity index (χ1n) is 6.07. The molecule has 1 aromatic heterocycles. The lowest BCUT2D eigenvalue weighted by atomic mass is 10.1. The summed E-state index contributed by atoms with van der Waals surface area (Å²) < 4.78 is 5.07. The third-order valence-corrected chi connectivity index (χ3v) is 2.76. The van der Waals surface area contributed by atoms with Gasteiger partial charge in [-0.15, -0.1) is 0 Å². The lowest BCUT2D eigenvalue weighted by molar-refractivity contribution is -0.117. The molecule has 0 saturated carbocycles. The number of hydrogen-bond donors (Lipinski definition) is 1. The highest BCUT2D eigenvalue weighted by Gasteiger charge is 2.19. The number of ether oxygens (including phenoxy) is 1. The Hall–Kier alpha value is -2.69. The molecule has 102 valence electrons. The molecule has 0 bridgehead atoms. The van der Waals surface area contributed by atoms with Crippen molar-refractivity contribution in [1.82, 2.24) is 10.3 Å². The normalized spacial score (nSPS) is 9.85. The molecule has 1 aromatic carbocycles. The lowest BCUT2D eigenvalue weighted by Crippen LogP contribution is -2.30. The highest BCUT2D eigenvalue weighted by Crippen LogP contribution is 2.17. The Balaban J connectivity index is 2.04. The van der Waals surface area contributed by atoms with Gasteiger partial charge < -0.3 is 10.1 Å². The number of rotatable bonds is 5. The number of carbonyl (C=O) groups excluding carboxylic acids is 2. The van der Waals surface area contributed by atoms with Gasteiger partial charge in [0.15, 0.2) is 0 Å². The molecule has 1 N–H and O–H groups in total. The van der Waals surface area contributed by atoms with Gasteiger partial charge in [-0.2, -0.15) is 0 Å². The summed E-state index contributed by atoms with van der Waals surface area (Å²) in [6.07, 6.45) is 3.26. The van der Waals surface area contributed by atoms with Crippen molar-refractivity contribution >= 4 is 11.7 Å². The second kappa shape index (κ2) is 6.47. The quantitative estimate of drug-likeness (QED) is 0.661. The number of Topliss-reactive ketones (excluding diaryl/α,β-unsaturated/α-hetero) is 1. The Kier molecular flexibility index (Phi) is 4.44. The number of carbonyl (C=O) groups is 2. The van der Waals surface area contributed by atoms with Gasteiger partial charge in [0.1, 0.15) is 5.75 Å². The maximum Gasteiger partial charge on any atom is 0.292 e. The van der Waals surface area contributed by atoms with Crippen molar-refractivity contribution in [1.29, 1.82) is 0 Å². The molecule has 0 fully saturated rings. The molecular weight excluding hydrogens is 256 g/mol. The number of hydrogen-bond acceptors (Lipinski definition) is 4. The Bertz CT molecular complexity index is 612. The molecule has 1 amide bonds. The molecule has 5 nitrogen and oxygen atoms in total. The van der Waals surface area contributed by atoms with E-state index in [0.717, 1.165) is 5.56 Å². The van der Waals surface area contributed by atoms with Crippen molar-refractivity contribution in [3.8, 4) is 5.75 Å². The molecule has 0 spiro atoms. The number of ketones is 1. The molecule has 0 saturated heterocycles. The maximum absolute atomic E-state index is 12.0. The van der Waals surface area contributed by atoms with E-state index in [4.69, 9.17) is 4.74 Å². The lowest BCUT2D eigenvalue weighted by Gasteiger charge is -2.07. The van der Waals surface area contributed by atoms with E-state index in [1.54, 1.807) is 48.8 Å². The minimum absolute atomic E-state index is 0.252. The number of aromatic nitrogens is 1. The van der Waals surface area contributed by atoms with Crippen LogP contribution in [-0.2, 0) is 11.3 Å². The fourth-order valence-corrected chi connectivity index (χ4v) is 1.72. The Labute approximate surface area is 116 Å². The smallest absolute Gasteiger partial charge is 0.292 e. The van der Waals surface area contributed by atoms with E-state index in [1.807, 2.05) is 0 Å². The van der Waals surface area contributed by atoms with Crippen LogP contribution in [0.3, 0.4) is 0 Å². The highest BCUT2D eigenvalue weighted by atomic mass is 16.5. The first-order valence-corrected chi connectivity index (χ1v) is 6.07. The van der Waals surface area contributed by atoms with Gasteiger partial charge in [-0.1, -0.05) is 12.1 Å². The summed E-state index contributed by atoms with van der Waals surface area (Å²) in [6, 6.07) is 10.2. The number of para-hydroxylation sites is 1. The molecule has 2 aromatic rings. The third kappa shape index (κ3) is 3.20. The monoisotopic (exact) mass is 270 g/mol. The summed E-state index contributed by atoms with van der Waals surface area (Å²) in [7, 11) is 1.46. The summed E-state index contributed by atoms with van der Waals surface area (Å²) in [5.74, 6) is -0.889. The van der Waals surface area contributed by atoms with Crippen molar-refractivity contribution in [2.24, 2.45) is 0 Å². The zero-order valence-electron chi connectivity index (χ0n) is 11.0. The van der Waals surface area contributed by atoms with Crippen LogP contribution in [0, 0.1) is 0 Å². The number of nitrogens with zero attached hydrogens (tertiary/aromatic N) is 1. The fraction of sp³-hybridized carbons (Fsp3) is 0.133. The average molecular weight is 270 g/mol. The van der Waals surface area contributed by atoms with Gasteiger partial charge in [-0.25, -0.2) is 0 Å². The van der Waals surface area contributed by atoms with Crippen LogP contribution in [0.1, 0.15) is 15.9 Å². The zero-order chi connectivity index (χ0) is 14.4. The second-order valence-corrected chi connectivity index (χ2v) is 4.07. The molecule has 20 heavy (non-hydrogen) atoms. The molecule has 2 rings (SSSR count). The standard InChI is InChI=1S/C15H14N2O3/c1-20-13-5-3-2-4-12(13)14(18)15(19)17-10-11-6-8-16-9-7-11/h2-9H,10H2,1H3,(H,17,19). The minimum atomic E-state index is -0.661. The molecule has 0 aliphatic carbocycles. The molecule has 5 heteroatoms. The molecular formula is C15H14N2O3. The van der Waals surface area contributed by atoms with E-state index in [2.05, 4.69) is 10.3 Å². The molecule has 0 radical (unpaired) electrons. The van der Waals surface area contributed by atoms with E-state index in [-0.39, 0.29) is 12.1 Å². The average Bonchev–Trinajstić information content (AvgIpc) is 2.52. The summed E-state index contributed by atoms with van der Waals surface area (Å²) in [4.78, 5) is 27.8. The van der Waals surface area contributed by atoms with Gasteiger partial charge >= 0.3 is 0 Å². The van der Waals surface area contributed by atoms with E-state index >= 15 is 0 Å². The van der Waals surface area contributed by atoms with Crippen molar-refractivity contribution in [2.75, 3.05) is 7.11 Å². The number of nitrogens with one attached hydrogen (secondary N) is 1. The summed E-state index contributed by atoms with van der Waals surface area (Å²) >= 11 is 0. The fourth-order valence-electron chi connectivity index (χ4n) is 1.72. The Morgan fingerprint density at radius 2 is 1.85 bits per heavy atom. The van der Waals surface area contributed by atoms with Crippen LogP contribution in [-0.4, -0.2) is 23.8 Å².